The molecular formula is C32H44O8. The van der Waals surface area contributed by atoms with Crippen molar-refractivity contribution >= 4 is 11.9 Å². The third-order valence-corrected chi connectivity index (χ3v) is 7.60. The molecule has 1 aliphatic heterocycles. The van der Waals surface area contributed by atoms with Crippen LogP contribution in [0.5, 0.6) is 23.0 Å². The van der Waals surface area contributed by atoms with Crippen LogP contribution < -0.4 is 9.47 Å². The summed E-state index contributed by atoms with van der Waals surface area (Å²) in [6.07, 6.45) is 10.2. The van der Waals surface area contributed by atoms with Crippen LogP contribution in [0.25, 0.3) is 0 Å². The molecule has 1 fully saturated rings. The second kappa shape index (κ2) is 16.0. The van der Waals surface area contributed by atoms with Crippen LogP contribution in [0.3, 0.4) is 0 Å². The van der Waals surface area contributed by atoms with E-state index in [1.165, 1.54) is 64.9 Å². The van der Waals surface area contributed by atoms with Gasteiger partial charge in [0.1, 0.15) is 6.10 Å². The van der Waals surface area contributed by atoms with Crippen molar-refractivity contribution in [3.63, 3.8) is 0 Å². The fourth-order valence-corrected chi connectivity index (χ4v) is 5.27. The molecule has 0 aliphatic carbocycles. The molecule has 220 valence electrons. The Morgan fingerprint density at radius 3 is 2.15 bits per heavy atom. The maximum Gasteiger partial charge on any atom is 0.309 e. The van der Waals surface area contributed by atoms with Crippen LogP contribution in [0.4, 0.5) is 0 Å². The lowest BCUT2D eigenvalue weighted by Crippen LogP contribution is -2.28. The topological polar surface area (TPSA) is 112 Å². The lowest BCUT2D eigenvalue weighted by atomic mass is 9.82. The zero-order valence-corrected chi connectivity index (χ0v) is 24.0. The number of unbranched alkanes of at least 4 members (excludes halogenated alkanes) is 8. The van der Waals surface area contributed by atoms with Gasteiger partial charge < -0.3 is 29.2 Å². The molecule has 0 amide bonds. The molecule has 8 heteroatoms. The van der Waals surface area contributed by atoms with E-state index in [1.54, 1.807) is 24.3 Å². The highest BCUT2D eigenvalue weighted by Gasteiger charge is 2.44. The van der Waals surface area contributed by atoms with Gasteiger partial charge in [-0.3, -0.25) is 9.59 Å². The normalized spacial score (nSPS) is 17.3. The Kier molecular flexibility index (Phi) is 12.4. The van der Waals surface area contributed by atoms with Crippen LogP contribution in [0.2, 0.25) is 0 Å². The van der Waals surface area contributed by atoms with Crippen molar-refractivity contribution < 1.29 is 38.7 Å². The molecular weight excluding hydrogens is 512 g/mol. The summed E-state index contributed by atoms with van der Waals surface area (Å²) in [5, 5.41) is 20.1. The first kappa shape index (κ1) is 31.1. The summed E-state index contributed by atoms with van der Waals surface area (Å²) in [6.45, 7) is 2.31. The van der Waals surface area contributed by atoms with Gasteiger partial charge >= 0.3 is 11.9 Å². The number of carbonyl (C=O) groups is 2. The first-order valence-corrected chi connectivity index (χ1v) is 14.5. The predicted molar refractivity (Wildman–Crippen MR) is 152 cm³/mol. The molecule has 1 saturated heterocycles. The highest BCUT2D eigenvalue weighted by atomic mass is 16.6. The summed E-state index contributed by atoms with van der Waals surface area (Å²) in [5.74, 6) is -1.19. The van der Waals surface area contributed by atoms with E-state index >= 15 is 0 Å². The largest absolute Gasteiger partial charge is 0.504 e. The van der Waals surface area contributed by atoms with E-state index in [0.717, 1.165) is 24.8 Å². The molecule has 0 saturated carbocycles. The number of aromatic hydroxyl groups is 2. The molecule has 0 spiro atoms. The number of ether oxygens (including phenoxy) is 4. The number of esters is 2. The predicted octanol–water partition coefficient (Wildman–Crippen LogP) is 6.65. The average molecular weight is 557 g/mol. The minimum absolute atomic E-state index is 0.0105. The van der Waals surface area contributed by atoms with Crippen LogP contribution in [-0.2, 0) is 25.5 Å². The fraction of sp³-hybridized carbons (Fsp3) is 0.562. The Morgan fingerprint density at radius 2 is 1.50 bits per heavy atom. The molecule has 1 heterocycles. The third-order valence-electron chi connectivity index (χ3n) is 7.60. The maximum absolute atomic E-state index is 13.0. The molecule has 0 unspecified atom stereocenters. The summed E-state index contributed by atoms with van der Waals surface area (Å²) < 4.78 is 22.0. The number of phenolic OH excluding ortho intramolecular Hbond substituents is 2. The van der Waals surface area contributed by atoms with E-state index < -0.39 is 17.9 Å². The maximum atomic E-state index is 13.0. The average Bonchev–Trinajstić information content (AvgIpc) is 3.31. The van der Waals surface area contributed by atoms with Gasteiger partial charge in [-0.05, 0) is 48.2 Å². The van der Waals surface area contributed by atoms with E-state index in [9.17, 15) is 19.8 Å². The summed E-state index contributed by atoms with van der Waals surface area (Å²) in [5.41, 5.74) is 1.40. The van der Waals surface area contributed by atoms with Crippen LogP contribution in [0.15, 0.2) is 36.4 Å². The van der Waals surface area contributed by atoms with Crippen LogP contribution in [0, 0.1) is 11.8 Å². The molecule has 0 aromatic heterocycles. The van der Waals surface area contributed by atoms with Gasteiger partial charge in [0.2, 0.25) is 0 Å². The van der Waals surface area contributed by atoms with Crippen LogP contribution >= 0.6 is 0 Å². The minimum Gasteiger partial charge on any atom is -0.504 e. The second-order valence-electron chi connectivity index (χ2n) is 10.5. The van der Waals surface area contributed by atoms with Crippen LogP contribution in [0.1, 0.15) is 88.4 Å². The first-order chi connectivity index (χ1) is 19.4. The molecule has 2 N–H and O–H groups in total. The molecule has 3 rings (SSSR count). The van der Waals surface area contributed by atoms with Gasteiger partial charge in [0.05, 0.1) is 26.7 Å². The van der Waals surface area contributed by atoms with E-state index in [0.29, 0.717) is 24.2 Å². The smallest absolute Gasteiger partial charge is 0.309 e. The van der Waals surface area contributed by atoms with Gasteiger partial charge in [0, 0.05) is 12.3 Å². The van der Waals surface area contributed by atoms with Gasteiger partial charge in [-0.15, -0.1) is 0 Å². The molecule has 1 aliphatic rings. The van der Waals surface area contributed by atoms with Gasteiger partial charge in [-0.1, -0.05) is 70.4 Å². The Balaban J connectivity index is 1.70. The standard InChI is InChI=1S/C32H44O8/c1-4-5-6-7-8-9-10-11-12-13-30(35)40-31(23-15-17-27(34)29(20-23)38-3)25-21-39-32(36)24(25)18-22-14-16-26(33)28(19-22)37-2/h14-17,19-20,24-25,31,33-34H,4-13,18,21H2,1-3H3/t24-,25+,31-/m1/s1. The van der Waals surface area contributed by atoms with Crippen molar-refractivity contribution in [1.82, 2.24) is 0 Å². The third kappa shape index (κ3) is 8.80. The molecule has 0 bridgehead atoms. The van der Waals surface area contributed by atoms with Gasteiger partial charge in [0.15, 0.2) is 23.0 Å². The highest BCUT2D eigenvalue weighted by molar-refractivity contribution is 5.76. The lowest BCUT2D eigenvalue weighted by Gasteiger charge is -2.27. The number of methoxy groups -OCH3 is 2. The number of hydrogen-bond donors (Lipinski definition) is 2. The number of hydrogen-bond acceptors (Lipinski definition) is 8. The molecule has 40 heavy (non-hydrogen) atoms. The zero-order valence-electron chi connectivity index (χ0n) is 24.0. The first-order valence-electron chi connectivity index (χ1n) is 14.5. The monoisotopic (exact) mass is 556 g/mol. The molecule has 0 radical (unpaired) electrons. The molecule has 8 nitrogen and oxygen atoms in total. The van der Waals surface area contributed by atoms with Crippen molar-refractivity contribution in [2.75, 3.05) is 20.8 Å². The van der Waals surface area contributed by atoms with E-state index in [4.69, 9.17) is 18.9 Å². The summed E-state index contributed by atoms with van der Waals surface area (Å²) in [4.78, 5) is 25.9. The second-order valence-corrected chi connectivity index (χ2v) is 10.5. The van der Waals surface area contributed by atoms with Gasteiger partial charge in [-0.2, -0.15) is 0 Å². The Bertz CT molecular complexity index is 1100. The molecule has 2 aromatic carbocycles. The van der Waals surface area contributed by atoms with Crippen molar-refractivity contribution in [2.24, 2.45) is 11.8 Å². The van der Waals surface area contributed by atoms with E-state index in [1.807, 2.05) is 0 Å². The molecule has 2 aromatic rings. The summed E-state index contributed by atoms with van der Waals surface area (Å²) >= 11 is 0. The van der Waals surface area contributed by atoms with Crippen molar-refractivity contribution in [3.8, 4) is 23.0 Å². The fourth-order valence-electron chi connectivity index (χ4n) is 5.27. The highest BCUT2D eigenvalue weighted by Crippen LogP contribution is 2.41. The van der Waals surface area contributed by atoms with Crippen molar-refractivity contribution in [2.45, 2.75) is 83.7 Å². The summed E-state index contributed by atoms with van der Waals surface area (Å²) in [7, 11) is 2.92. The quantitative estimate of drug-likeness (QED) is 0.165. The number of rotatable bonds is 17. The Hall–Kier alpha value is -3.42. The van der Waals surface area contributed by atoms with Gasteiger partial charge in [0.25, 0.3) is 0 Å². The number of phenols is 2. The minimum atomic E-state index is -0.768. The summed E-state index contributed by atoms with van der Waals surface area (Å²) in [6, 6.07) is 9.75. The van der Waals surface area contributed by atoms with Gasteiger partial charge in [-0.25, -0.2) is 0 Å². The van der Waals surface area contributed by atoms with E-state index in [2.05, 4.69) is 6.92 Å². The van der Waals surface area contributed by atoms with Crippen LogP contribution in [-0.4, -0.2) is 43.0 Å². The number of benzene rings is 2. The SMILES string of the molecule is CCCCCCCCCCCC(=O)O[C@H](c1ccc(O)c(OC)c1)[C@H]1COC(=O)[C@@H]1Cc1ccc(O)c(OC)c1. The Morgan fingerprint density at radius 1 is 0.900 bits per heavy atom. The Labute approximate surface area is 237 Å². The number of cyclic esters (lactones) is 1. The number of carbonyl (C=O) groups excluding carboxylic acids is 2. The zero-order chi connectivity index (χ0) is 28.9. The van der Waals surface area contributed by atoms with E-state index in [-0.39, 0.29) is 35.8 Å². The molecule has 3 atom stereocenters. The van der Waals surface area contributed by atoms with Crippen molar-refractivity contribution in [3.05, 3.63) is 47.5 Å². The van der Waals surface area contributed by atoms with Crippen molar-refractivity contribution in [1.29, 1.82) is 0 Å². The lowest BCUT2D eigenvalue weighted by molar-refractivity contribution is -0.153.